The molecule has 0 radical (unpaired) electrons. The Kier molecular flexibility index (Phi) is 3.65. The Morgan fingerprint density at radius 2 is 2.19 bits per heavy atom. The number of carbonyl (C=O) groups excluding carboxylic acids is 1. The van der Waals surface area contributed by atoms with Crippen molar-refractivity contribution >= 4 is 54.8 Å². The van der Waals surface area contributed by atoms with Gasteiger partial charge < -0.3 is 11.1 Å². The number of halogens is 1. The largest absolute Gasteiger partial charge is 0.397 e. The van der Waals surface area contributed by atoms with Gasteiger partial charge in [0.25, 0.3) is 5.91 Å². The van der Waals surface area contributed by atoms with Crippen LogP contribution in [0.25, 0.3) is 10.2 Å². The fraction of sp³-hybridized carbons (Fsp3) is 0.0667. The summed E-state index contributed by atoms with van der Waals surface area (Å²) in [5, 5.41) is 3.72. The molecule has 0 unspecified atom stereocenters. The number of carbonyl (C=O) groups is 1. The first kappa shape index (κ1) is 14.0. The van der Waals surface area contributed by atoms with E-state index in [1.165, 1.54) is 11.3 Å². The number of aromatic nitrogens is 1. The minimum atomic E-state index is -0.215. The first-order valence-electron chi connectivity index (χ1n) is 6.27. The highest BCUT2D eigenvalue weighted by Gasteiger charge is 2.18. The van der Waals surface area contributed by atoms with Crippen LogP contribution in [0, 0.1) is 6.92 Å². The molecule has 0 aliphatic carbocycles. The molecule has 3 aromatic rings. The van der Waals surface area contributed by atoms with Gasteiger partial charge in [-0.15, -0.1) is 11.3 Å². The van der Waals surface area contributed by atoms with Crippen LogP contribution in [-0.2, 0) is 0 Å². The Morgan fingerprint density at radius 3 is 2.90 bits per heavy atom. The smallest absolute Gasteiger partial charge is 0.267 e. The van der Waals surface area contributed by atoms with E-state index >= 15 is 0 Å². The van der Waals surface area contributed by atoms with Gasteiger partial charge in [0.1, 0.15) is 9.71 Å². The summed E-state index contributed by atoms with van der Waals surface area (Å²) in [6.45, 7) is 1.96. The number of hydrogen-bond donors (Lipinski definition) is 2. The number of thiophene rings is 1. The molecule has 1 amide bonds. The van der Waals surface area contributed by atoms with Gasteiger partial charge in [0.2, 0.25) is 0 Å². The molecule has 106 valence electrons. The third-order valence-electron chi connectivity index (χ3n) is 3.13. The number of hydrogen-bond acceptors (Lipinski definition) is 4. The normalized spacial score (nSPS) is 10.8. The van der Waals surface area contributed by atoms with Gasteiger partial charge in [0, 0.05) is 21.7 Å². The molecule has 21 heavy (non-hydrogen) atoms. The zero-order valence-corrected chi connectivity index (χ0v) is 13.6. The van der Waals surface area contributed by atoms with E-state index in [1.807, 2.05) is 37.3 Å². The van der Waals surface area contributed by atoms with Crippen molar-refractivity contribution in [2.75, 3.05) is 11.1 Å². The molecule has 6 heteroatoms. The van der Waals surface area contributed by atoms with E-state index in [-0.39, 0.29) is 5.91 Å². The standard InChI is InChI=1S/C15H12BrN3OS/c1-8-5-6-18-15-11(8)12(17)13(21-15)14(20)19-10-4-2-3-9(16)7-10/h2-7H,17H2,1H3,(H,19,20). The van der Waals surface area contributed by atoms with Gasteiger partial charge in [-0.25, -0.2) is 4.98 Å². The van der Waals surface area contributed by atoms with Crippen molar-refractivity contribution in [1.29, 1.82) is 0 Å². The van der Waals surface area contributed by atoms with Gasteiger partial charge in [-0.1, -0.05) is 22.0 Å². The van der Waals surface area contributed by atoms with Crippen molar-refractivity contribution in [2.24, 2.45) is 0 Å². The van der Waals surface area contributed by atoms with Crippen LogP contribution in [0.2, 0.25) is 0 Å². The molecule has 0 atom stereocenters. The summed E-state index contributed by atoms with van der Waals surface area (Å²) in [5.74, 6) is -0.215. The number of nitrogen functional groups attached to an aromatic ring is 1. The molecular weight excluding hydrogens is 350 g/mol. The van der Waals surface area contributed by atoms with Crippen molar-refractivity contribution in [3.63, 3.8) is 0 Å². The van der Waals surface area contributed by atoms with E-state index in [4.69, 9.17) is 5.73 Å². The minimum absolute atomic E-state index is 0.215. The van der Waals surface area contributed by atoms with E-state index < -0.39 is 0 Å². The molecule has 1 aromatic carbocycles. The number of amides is 1. The predicted molar refractivity (Wildman–Crippen MR) is 90.9 cm³/mol. The number of anilines is 2. The second kappa shape index (κ2) is 5.46. The Labute approximate surface area is 134 Å². The third kappa shape index (κ3) is 2.64. The van der Waals surface area contributed by atoms with Crippen LogP contribution in [0.3, 0.4) is 0 Å². The van der Waals surface area contributed by atoms with Crippen LogP contribution in [0.4, 0.5) is 11.4 Å². The van der Waals surface area contributed by atoms with Crippen LogP contribution in [0.5, 0.6) is 0 Å². The first-order chi connectivity index (χ1) is 10.1. The number of rotatable bonds is 2. The highest BCUT2D eigenvalue weighted by Crippen LogP contribution is 2.34. The SMILES string of the molecule is Cc1ccnc2sc(C(=O)Nc3cccc(Br)c3)c(N)c12. The van der Waals surface area contributed by atoms with Gasteiger partial charge in [0.15, 0.2) is 0 Å². The molecule has 0 saturated heterocycles. The van der Waals surface area contributed by atoms with E-state index in [1.54, 1.807) is 6.20 Å². The third-order valence-corrected chi connectivity index (χ3v) is 4.73. The van der Waals surface area contributed by atoms with Crippen molar-refractivity contribution in [1.82, 2.24) is 4.98 Å². The minimum Gasteiger partial charge on any atom is -0.397 e. The summed E-state index contributed by atoms with van der Waals surface area (Å²) in [5.41, 5.74) is 8.36. The number of fused-ring (bicyclic) bond motifs is 1. The van der Waals surface area contributed by atoms with Crippen LogP contribution >= 0.6 is 27.3 Å². The lowest BCUT2D eigenvalue weighted by atomic mass is 10.1. The Balaban J connectivity index is 1.99. The van der Waals surface area contributed by atoms with E-state index in [2.05, 4.69) is 26.2 Å². The van der Waals surface area contributed by atoms with Crippen LogP contribution in [0.15, 0.2) is 41.0 Å². The summed E-state index contributed by atoms with van der Waals surface area (Å²) in [6.07, 6.45) is 1.73. The molecule has 0 bridgehead atoms. The molecular formula is C15H12BrN3OS. The molecule has 0 fully saturated rings. The van der Waals surface area contributed by atoms with Gasteiger partial charge in [-0.3, -0.25) is 4.79 Å². The lowest BCUT2D eigenvalue weighted by molar-refractivity contribution is 0.103. The summed E-state index contributed by atoms with van der Waals surface area (Å²) < 4.78 is 0.905. The summed E-state index contributed by atoms with van der Waals surface area (Å²) in [7, 11) is 0. The number of aryl methyl sites for hydroxylation is 1. The predicted octanol–water partition coefficient (Wildman–Crippen LogP) is 4.20. The first-order valence-corrected chi connectivity index (χ1v) is 7.87. The average molecular weight is 362 g/mol. The number of benzene rings is 1. The summed E-state index contributed by atoms with van der Waals surface area (Å²) in [4.78, 5) is 18.0. The lowest BCUT2D eigenvalue weighted by Gasteiger charge is -2.04. The van der Waals surface area contributed by atoms with E-state index in [0.717, 1.165) is 25.9 Å². The average Bonchev–Trinajstić information content (AvgIpc) is 2.77. The van der Waals surface area contributed by atoms with Crippen molar-refractivity contribution in [3.8, 4) is 0 Å². The highest BCUT2D eigenvalue weighted by atomic mass is 79.9. The molecule has 2 heterocycles. The zero-order valence-electron chi connectivity index (χ0n) is 11.2. The van der Waals surface area contributed by atoms with Gasteiger partial charge in [-0.2, -0.15) is 0 Å². The molecule has 3 rings (SSSR count). The van der Waals surface area contributed by atoms with Gasteiger partial charge in [-0.05, 0) is 36.8 Å². The Bertz CT molecular complexity index is 844. The molecule has 3 N–H and O–H groups in total. The van der Waals surface area contributed by atoms with Crippen LogP contribution in [0.1, 0.15) is 15.2 Å². The van der Waals surface area contributed by atoms with Gasteiger partial charge in [0.05, 0.1) is 5.69 Å². The van der Waals surface area contributed by atoms with Gasteiger partial charge >= 0.3 is 0 Å². The zero-order chi connectivity index (χ0) is 15.0. The number of nitrogens with zero attached hydrogens (tertiary/aromatic N) is 1. The molecule has 0 aliphatic rings. The Morgan fingerprint density at radius 1 is 1.38 bits per heavy atom. The number of nitrogens with one attached hydrogen (secondary N) is 1. The topological polar surface area (TPSA) is 68.0 Å². The molecule has 0 aliphatic heterocycles. The summed E-state index contributed by atoms with van der Waals surface area (Å²) >= 11 is 4.69. The molecule has 0 saturated carbocycles. The lowest BCUT2D eigenvalue weighted by Crippen LogP contribution is -2.11. The highest BCUT2D eigenvalue weighted by molar-refractivity contribution is 9.10. The number of nitrogens with two attached hydrogens (primary N) is 1. The fourth-order valence-corrected chi connectivity index (χ4v) is 3.56. The van der Waals surface area contributed by atoms with Crippen LogP contribution in [-0.4, -0.2) is 10.9 Å². The molecule has 4 nitrogen and oxygen atoms in total. The number of pyridine rings is 1. The fourth-order valence-electron chi connectivity index (χ4n) is 2.13. The molecule has 0 spiro atoms. The van der Waals surface area contributed by atoms with E-state index in [9.17, 15) is 4.79 Å². The summed E-state index contributed by atoms with van der Waals surface area (Å²) in [6, 6.07) is 9.32. The second-order valence-electron chi connectivity index (χ2n) is 4.62. The molecule has 2 aromatic heterocycles. The van der Waals surface area contributed by atoms with Crippen molar-refractivity contribution < 1.29 is 4.79 Å². The maximum absolute atomic E-state index is 12.4. The Hall–Kier alpha value is -1.92. The van der Waals surface area contributed by atoms with Crippen molar-refractivity contribution in [2.45, 2.75) is 6.92 Å². The monoisotopic (exact) mass is 361 g/mol. The van der Waals surface area contributed by atoms with Crippen LogP contribution < -0.4 is 11.1 Å². The second-order valence-corrected chi connectivity index (χ2v) is 6.53. The van der Waals surface area contributed by atoms with Crippen molar-refractivity contribution in [3.05, 3.63) is 51.4 Å². The maximum Gasteiger partial charge on any atom is 0.267 e. The van der Waals surface area contributed by atoms with E-state index in [0.29, 0.717) is 10.6 Å². The maximum atomic E-state index is 12.4. The quantitative estimate of drug-likeness (QED) is 0.718.